The van der Waals surface area contributed by atoms with Crippen LogP contribution in [-0.4, -0.2) is 13.7 Å². The predicted octanol–water partition coefficient (Wildman–Crippen LogP) is 12.3. The van der Waals surface area contributed by atoms with Gasteiger partial charge in [-0.25, -0.2) is 0 Å². The lowest BCUT2D eigenvalue weighted by Crippen LogP contribution is -2.12. The van der Waals surface area contributed by atoms with Crippen molar-refractivity contribution in [3.8, 4) is 11.5 Å². The molecule has 1 atom stereocenters. The molecule has 0 amide bonds. The van der Waals surface area contributed by atoms with Gasteiger partial charge in [0.1, 0.15) is 11.5 Å². The summed E-state index contributed by atoms with van der Waals surface area (Å²) >= 11 is 0. The van der Waals surface area contributed by atoms with Crippen molar-refractivity contribution in [1.29, 1.82) is 0 Å². The van der Waals surface area contributed by atoms with Crippen LogP contribution in [0.25, 0.3) is 0 Å². The van der Waals surface area contributed by atoms with Crippen LogP contribution in [0.2, 0.25) is 0 Å². The molecule has 0 heterocycles. The Morgan fingerprint density at radius 3 is 1.27 bits per heavy atom. The second-order valence-electron chi connectivity index (χ2n) is 11.8. The van der Waals surface area contributed by atoms with Gasteiger partial charge in [0.25, 0.3) is 0 Å². The fourth-order valence-corrected chi connectivity index (χ4v) is 5.49. The number of anilines is 2. The van der Waals surface area contributed by atoms with E-state index in [4.69, 9.17) is 9.47 Å². The Morgan fingerprint density at radius 1 is 0.500 bits per heavy atom. The van der Waals surface area contributed by atoms with Crippen molar-refractivity contribution in [2.24, 2.45) is 5.92 Å². The Labute approximate surface area is 247 Å². The summed E-state index contributed by atoms with van der Waals surface area (Å²) in [6.45, 7) is 5.44. The fourth-order valence-electron chi connectivity index (χ4n) is 5.49. The zero-order chi connectivity index (χ0) is 28.5. The van der Waals surface area contributed by atoms with Gasteiger partial charge in [0.05, 0.1) is 13.7 Å². The normalized spacial score (nSPS) is 11.9. The first-order valence-electron chi connectivity index (χ1n) is 16.9. The summed E-state index contributed by atoms with van der Waals surface area (Å²) in [4.78, 5) is 0. The van der Waals surface area contributed by atoms with Gasteiger partial charge in [-0.3, -0.25) is 0 Å². The lowest BCUT2D eigenvalue weighted by atomic mass is 9.94. The van der Waals surface area contributed by atoms with E-state index in [9.17, 15) is 0 Å². The maximum atomic E-state index is 6.32. The molecule has 2 rings (SSSR count). The Kier molecular flexibility index (Phi) is 20.0. The van der Waals surface area contributed by atoms with Crippen molar-refractivity contribution >= 4 is 11.4 Å². The predicted molar refractivity (Wildman–Crippen MR) is 175 cm³/mol. The van der Waals surface area contributed by atoms with Gasteiger partial charge in [-0.05, 0) is 67.3 Å². The number of benzene rings is 2. The molecule has 226 valence electrons. The smallest absolute Gasteiger partial charge is 0.119 e. The van der Waals surface area contributed by atoms with Crippen LogP contribution < -0.4 is 14.8 Å². The highest BCUT2D eigenvalue weighted by atomic mass is 16.5. The Morgan fingerprint density at radius 2 is 0.875 bits per heavy atom. The minimum absolute atomic E-state index is 0.672. The van der Waals surface area contributed by atoms with Crippen molar-refractivity contribution in [2.45, 2.75) is 142 Å². The molecule has 0 aliphatic heterocycles. The monoisotopic (exact) mass is 551 g/mol. The summed E-state index contributed by atoms with van der Waals surface area (Å²) in [5.41, 5.74) is 2.12. The fraction of sp³-hybridized carbons (Fsp3) is 0.676. The molecule has 0 aromatic heterocycles. The minimum atomic E-state index is 0.672. The molecule has 0 aliphatic carbocycles. The number of hydrogen-bond acceptors (Lipinski definition) is 3. The van der Waals surface area contributed by atoms with Gasteiger partial charge in [0.15, 0.2) is 0 Å². The van der Waals surface area contributed by atoms with Gasteiger partial charge in [-0.1, -0.05) is 129 Å². The van der Waals surface area contributed by atoms with E-state index >= 15 is 0 Å². The van der Waals surface area contributed by atoms with Crippen molar-refractivity contribution < 1.29 is 9.47 Å². The van der Waals surface area contributed by atoms with Gasteiger partial charge < -0.3 is 14.8 Å². The lowest BCUT2D eigenvalue weighted by molar-refractivity contribution is 0.224. The second kappa shape index (κ2) is 23.5. The second-order valence-corrected chi connectivity index (χ2v) is 11.8. The summed E-state index contributed by atoms with van der Waals surface area (Å²) < 4.78 is 11.6. The molecule has 0 radical (unpaired) electrons. The van der Waals surface area contributed by atoms with E-state index in [1.807, 2.05) is 24.3 Å². The molecule has 0 saturated carbocycles. The first-order chi connectivity index (χ1) is 19.7. The van der Waals surface area contributed by atoms with Gasteiger partial charge >= 0.3 is 0 Å². The van der Waals surface area contributed by atoms with E-state index < -0.39 is 0 Å². The largest absolute Gasteiger partial charge is 0.497 e. The summed E-state index contributed by atoms with van der Waals surface area (Å²) in [5.74, 6) is 2.52. The molecule has 0 spiro atoms. The molecular formula is C37H61NO2. The van der Waals surface area contributed by atoms with Gasteiger partial charge in [0.2, 0.25) is 0 Å². The van der Waals surface area contributed by atoms with E-state index in [-0.39, 0.29) is 0 Å². The van der Waals surface area contributed by atoms with E-state index in [1.54, 1.807) is 7.11 Å². The van der Waals surface area contributed by atoms with Gasteiger partial charge in [0, 0.05) is 11.4 Å². The molecule has 40 heavy (non-hydrogen) atoms. The van der Waals surface area contributed by atoms with Crippen LogP contribution in [0, 0.1) is 5.92 Å². The third-order valence-corrected chi connectivity index (χ3v) is 8.15. The third kappa shape index (κ3) is 16.8. The first-order valence-corrected chi connectivity index (χ1v) is 16.9. The molecule has 3 heteroatoms. The van der Waals surface area contributed by atoms with Crippen molar-refractivity contribution in [3.63, 3.8) is 0 Å². The summed E-state index contributed by atoms with van der Waals surface area (Å²) in [5, 5.41) is 3.45. The van der Waals surface area contributed by atoms with E-state index in [2.05, 4.69) is 43.4 Å². The summed E-state index contributed by atoms with van der Waals surface area (Å²) in [7, 11) is 1.69. The molecule has 0 bridgehead atoms. The molecule has 0 fully saturated rings. The van der Waals surface area contributed by atoms with Crippen molar-refractivity contribution in [3.05, 3.63) is 48.5 Å². The van der Waals surface area contributed by atoms with Crippen LogP contribution >= 0.6 is 0 Å². The van der Waals surface area contributed by atoms with Crippen LogP contribution in [0.15, 0.2) is 48.5 Å². The Balaban J connectivity index is 1.71. The maximum Gasteiger partial charge on any atom is 0.119 e. The van der Waals surface area contributed by atoms with Crippen LogP contribution in [0.3, 0.4) is 0 Å². The average Bonchev–Trinajstić information content (AvgIpc) is 2.99. The molecule has 2 aromatic rings. The highest BCUT2D eigenvalue weighted by molar-refractivity contribution is 5.60. The Bertz CT molecular complexity index is 817. The summed E-state index contributed by atoms with van der Waals surface area (Å²) in [6, 6.07) is 16.4. The van der Waals surface area contributed by atoms with Gasteiger partial charge in [-0.2, -0.15) is 0 Å². The number of methoxy groups -OCH3 is 1. The molecule has 3 nitrogen and oxygen atoms in total. The SMILES string of the molecule is CCCCCCCCCCCCC(CCCCCCCCCC)COc1ccc(Nc2ccc(OC)cc2)cc1. The van der Waals surface area contributed by atoms with E-state index in [0.29, 0.717) is 5.92 Å². The van der Waals surface area contributed by atoms with E-state index in [0.717, 1.165) is 29.5 Å². The number of ether oxygens (including phenoxy) is 2. The molecule has 1 unspecified atom stereocenters. The molecule has 1 N–H and O–H groups in total. The first kappa shape index (κ1) is 34.0. The standard InChI is InChI=1S/C37H61NO2/c1-4-6-8-10-12-14-15-17-19-21-23-33(22-20-18-16-13-11-9-7-5-2)32-40-37-30-26-35(27-31-37)38-34-24-28-36(39-3)29-25-34/h24-31,33,38H,4-23,32H2,1-3H3. The zero-order valence-corrected chi connectivity index (χ0v) is 26.4. The Hall–Kier alpha value is -2.16. The lowest BCUT2D eigenvalue weighted by Gasteiger charge is -2.18. The van der Waals surface area contributed by atoms with Crippen LogP contribution in [0.5, 0.6) is 11.5 Å². The summed E-state index contributed by atoms with van der Waals surface area (Å²) in [6.07, 6.45) is 27.8. The van der Waals surface area contributed by atoms with Crippen LogP contribution in [-0.2, 0) is 0 Å². The average molecular weight is 552 g/mol. The number of nitrogens with one attached hydrogen (secondary N) is 1. The third-order valence-electron chi connectivity index (χ3n) is 8.15. The molecule has 2 aromatic carbocycles. The number of unbranched alkanes of at least 4 members (excludes halogenated alkanes) is 16. The highest BCUT2D eigenvalue weighted by Crippen LogP contribution is 2.24. The van der Waals surface area contributed by atoms with Crippen molar-refractivity contribution in [1.82, 2.24) is 0 Å². The van der Waals surface area contributed by atoms with Crippen LogP contribution in [0.4, 0.5) is 11.4 Å². The van der Waals surface area contributed by atoms with Crippen LogP contribution in [0.1, 0.15) is 142 Å². The topological polar surface area (TPSA) is 30.5 Å². The molecule has 0 aliphatic rings. The van der Waals surface area contributed by atoms with E-state index in [1.165, 1.54) is 128 Å². The minimum Gasteiger partial charge on any atom is -0.497 e. The van der Waals surface area contributed by atoms with Gasteiger partial charge in [-0.15, -0.1) is 0 Å². The highest BCUT2D eigenvalue weighted by Gasteiger charge is 2.10. The van der Waals surface area contributed by atoms with Crippen molar-refractivity contribution in [2.75, 3.05) is 19.0 Å². The number of hydrogen-bond donors (Lipinski definition) is 1. The molecule has 0 saturated heterocycles. The quantitative estimate of drug-likeness (QED) is 0.118. The molecular weight excluding hydrogens is 490 g/mol. The number of rotatable bonds is 26. The zero-order valence-electron chi connectivity index (χ0n) is 26.4. The maximum absolute atomic E-state index is 6.32.